The second-order valence-electron chi connectivity index (χ2n) is 6.72. The third-order valence-corrected chi connectivity index (χ3v) is 6.14. The summed E-state index contributed by atoms with van der Waals surface area (Å²) >= 11 is 1.76. The molecule has 2 aromatic rings. The van der Waals surface area contributed by atoms with Crippen molar-refractivity contribution in [1.29, 1.82) is 0 Å². The summed E-state index contributed by atoms with van der Waals surface area (Å²) in [7, 11) is 0. The van der Waals surface area contributed by atoms with Crippen LogP contribution in [0.2, 0.25) is 0 Å². The number of benzene rings is 1. The smallest absolute Gasteiger partial charge is 0.127 e. The van der Waals surface area contributed by atoms with E-state index < -0.39 is 0 Å². The molecule has 3 unspecified atom stereocenters. The molecule has 126 valence electrons. The summed E-state index contributed by atoms with van der Waals surface area (Å²) in [4.78, 5) is 5.77. The standard InChI is InChI=1S/C20H24N2OS/c1-2-23-18-6-4-3-5-17(18)19-12-22-20(24-19)13-21-11-16-10-14-7-8-15(16)9-14/h3-8,12,14-16,21H,2,9-11,13H2,1H3. The molecule has 0 radical (unpaired) electrons. The summed E-state index contributed by atoms with van der Waals surface area (Å²) in [5.74, 6) is 3.42. The first-order valence-electron chi connectivity index (χ1n) is 8.89. The predicted octanol–water partition coefficient (Wildman–Crippen LogP) is 4.51. The van der Waals surface area contributed by atoms with Gasteiger partial charge < -0.3 is 10.1 Å². The molecule has 3 atom stereocenters. The van der Waals surface area contributed by atoms with Crippen LogP contribution in [0, 0.1) is 17.8 Å². The molecule has 1 aromatic heterocycles. The van der Waals surface area contributed by atoms with Crippen molar-refractivity contribution in [2.45, 2.75) is 26.3 Å². The van der Waals surface area contributed by atoms with Crippen LogP contribution in [-0.4, -0.2) is 18.1 Å². The van der Waals surface area contributed by atoms with Gasteiger partial charge in [-0.25, -0.2) is 4.98 Å². The van der Waals surface area contributed by atoms with Gasteiger partial charge in [0.1, 0.15) is 10.8 Å². The van der Waals surface area contributed by atoms with Crippen molar-refractivity contribution in [2.75, 3.05) is 13.2 Å². The van der Waals surface area contributed by atoms with Gasteiger partial charge in [0.25, 0.3) is 0 Å². The van der Waals surface area contributed by atoms with Gasteiger partial charge in [-0.1, -0.05) is 24.3 Å². The number of nitrogens with one attached hydrogen (secondary N) is 1. The van der Waals surface area contributed by atoms with Gasteiger partial charge in [-0.05, 0) is 56.2 Å². The van der Waals surface area contributed by atoms with E-state index in [0.717, 1.165) is 47.2 Å². The Morgan fingerprint density at radius 1 is 1.25 bits per heavy atom. The average molecular weight is 340 g/mol. The van der Waals surface area contributed by atoms with Crippen molar-refractivity contribution in [3.8, 4) is 16.2 Å². The lowest BCUT2D eigenvalue weighted by Crippen LogP contribution is -2.24. The number of hydrogen-bond acceptors (Lipinski definition) is 4. The van der Waals surface area contributed by atoms with Crippen molar-refractivity contribution in [2.24, 2.45) is 17.8 Å². The number of rotatable bonds is 7. The van der Waals surface area contributed by atoms with E-state index >= 15 is 0 Å². The number of para-hydroxylation sites is 1. The minimum atomic E-state index is 0.683. The molecule has 0 saturated heterocycles. The van der Waals surface area contributed by atoms with Gasteiger partial charge in [0.15, 0.2) is 0 Å². The highest BCUT2D eigenvalue weighted by Gasteiger charge is 2.34. The fourth-order valence-corrected chi connectivity index (χ4v) is 4.88. The van der Waals surface area contributed by atoms with Crippen molar-refractivity contribution >= 4 is 11.3 Å². The molecule has 0 aliphatic heterocycles. The maximum absolute atomic E-state index is 5.73. The molecule has 0 amide bonds. The monoisotopic (exact) mass is 340 g/mol. The molecule has 0 spiro atoms. The molecule has 2 aliphatic carbocycles. The number of ether oxygens (including phenoxy) is 1. The molecular formula is C20H24N2OS. The van der Waals surface area contributed by atoms with Crippen LogP contribution >= 0.6 is 11.3 Å². The summed E-state index contributed by atoms with van der Waals surface area (Å²) in [6.45, 7) is 4.67. The zero-order valence-electron chi connectivity index (χ0n) is 14.1. The topological polar surface area (TPSA) is 34.1 Å². The van der Waals surface area contributed by atoms with E-state index in [1.165, 1.54) is 17.7 Å². The molecule has 1 heterocycles. The fourth-order valence-electron chi connectivity index (χ4n) is 3.96. The fraction of sp³-hybridized carbons (Fsp3) is 0.450. The Hall–Kier alpha value is -1.65. The Morgan fingerprint density at radius 3 is 2.96 bits per heavy atom. The molecule has 1 fully saturated rings. The molecule has 4 rings (SSSR count). The van der Waals surface area contributed by atoms with Gasteiger partial charge in [-0.3, -0.25) is 0 Å². The van der Waals surface area contributed by atoms with Crippen LogP contribution < -0.4 is 10.1 Å². The highest BCUT2D eigenvalue weighted by Crippen LogP contribution is 2.43. The normalized spacial score (nSPS) is 24.6. The Balaban J connectivity index is 1.36. The lowest BCUT2D eigenvalue weighted by molar-refractivity contribution is 0.341. The largest absolute Gasteiger partial charge is 0.493 e. The lowest BCUT2D eigenvalue weighted by Gasteiger charge is -2.18. The molecule has 1 saturated carbocycles. The van der Waals surface area contributed by atoms with Crippen LogP contribution in [0.3, 0.4) is 0 Å². The minimum absolute atomic E-state index is 0.683. The zero-order chi connectivity index (χ0) is 16.4. The Kier molecular flexibility index (Phi) is 4.67. The molecule has 4 heteroatoms. The third kappa shape index (κ3) is 3.26. The third-order valence-electron chi connectivity index (χ3n) is 5.11. The van der Waals surface area contributed by atoms with Gasteiger partial charge in [-0.2, -0.15) is 0 Å². The second-order valence-corrected chi connectivity index (χ2v) is 7.83. The highest BCUT2D eigenvalue weighted by molar-refractivity contribution is 7.15. The van der Waals surface area contributed by atoms with E-state index in [0.29, 0.717) is 6.61 Å². The van der Waals surface area contributed by atoms with E-state index in [4.69, 9.17) is 4.74 Å². The number of nitrogens with zero attached hydrogens (tertiary/aromatic N) is 1. The molecule has 1 N–H and O–H groups in total. The number of thiazole rings is 1. The zero-order valence-corrected chi connectivity index (χ0v) is 14.9. The quantitative estimate of drug-likeness (QED) is 0.753. The maximum atomic E-state index is 5.73. The first-order chi connectivity index (χ1) is 11.8. The van der Waals surface area contributed by atoms with Gasteiger partial charge in [0, 0.05) is 18.3 Å². The average Bonchev–Trinajstić information content (AvgIpc) is 3.32. The molecule has 2 bridgehead atoms. The van der Waals surface area contributed by atoms with Crippen LogP contribution in [0.25, 0.3) is 10.4 Å². The minimum Gasteiger partial charge on any atom is -0.493 e. The summed E-state index contributed by atoms with van der Waals surface area (Å²) in [5.41, 5.74) is 1.14. The van der Waals surface area contributed by atoms with Crippen LogP contribution in [0.1, 0.15) is 24.8 Å². The van der Waals surface area contributed by atoms with E-state index in [-0.39, 0.29) is 0 Å². The molecule has 2 aliphatic rings. The molecule has 3 nitrogen and oxygen atoms in total. The molecular weight excluding hydrogens is 316 g/mol. The number of allylic oxidation sites excluding steroid dienone is 2. The summed E-state index contributed by atoms with van der Waals surface area (Å²) in [6.07, 6.45) is 9.54. The van der Waals surface area contributed by atoms with Crippen LogP contribution in [0.15, 0.2) is 42.6 Å². The van der Waals surface area contributed by atoms with Gasteiger partial charge in [-0.15, -0.1) is 11.3 Å². The lowest BCUT2D eigenvalue weighted by atomic mass is 9.94. The van der Waals surface area contributed by atoms with Crippen LogP contribution in [0.4, 0.5) is 0 Å². The van der Waals surface area contributed by atoms with E-state index in [9.17, 15) is 0 Å². The first-order valence-corrected chi connectivity index (χ1v) is 9.71. The highest BCUT2D eigenvalue weighted by atomic mass is 32.1. The van der Waals surface area contributed by atoms with Crippen LogP contribution in [0.5, 0.6) is 5.75 Å². The van der Waals surface area contributed by atoms with Crippen molar-refractivity contribution in [3.63, 3.8) is 0 Å². The number of fused-ring (bicyclic) bond motifs is 2. The summed E-state index contributed by atoms with van der Waals surface area (Å²) in [5, 5.41) is 4.76. The Bertz CT molecular complexity index is 724. The SMILES string of the molecule is CCOc1ccccc1-c1cnc(CNCC2CC3C=CC2C3)s1. The Labute approximate surface area is 147 Å². The van der Waals surface area contributed by atoms with Crippen LogP contribution in [-0.2, 0) is 6.54 Å². The summed E-state index contributed by atoms with van der Waals surface area (Å²) < 4.78 is 5.73. The molecule has 24 heavy (non-hydrogen) atoms. The van der Waals surface area contributed by atoms with E-state index in [1.807, 2.05) is 25.3 Å². The maximum Gasteiger partial charge on any atom is 0.127 e. The van der Waals surface area contributed by atoms with Crippen molar-refractivity contribution < 1.29 is 4.74 Å². The number of aromatic nitrogens is 1. The van der Waals surface area contributed by atoms with E-state index in [1.54, 1.807) is 11.3 Å². The molecule has 1 aromatic carbocycles. The van der Waals surface area contributed by atoms with Gasteiger partial charge in [0.2, 0.25) is 0 Å². The predicted molar refractivity (Wildman–Crippen MR) is 99.3 cm³/mol. The number of hydrogen-bond donors (Lipinski definition) is 1. The van der Waals surface area contributed by atoms with Crippen molar-refractivity contribution in [1.82, 2.24) is 10.3 Å². The first kappa shape index (κ1) is 15.9. The van der Waals surface area contributed by atoms with Crippen molar-refractivity contribution in [3.05, 3.63) is 47.6 Å². The summed E-state index contributed by atoms with van der Waals surface area (Å²) in [6, 6.07) is 8.20. The van der Waals surface area contributed by atoms with E-state index in [2.05, 4.69) is 34.6 Å². The van der Waals surface area contributed by atoms with Gasteiger partial charge in [0.05, 0.1) is 11.5 Å². The Morgan fingerprint density at radius 2 is 2.17 bits per heavy atom. The van der Waals surface area contributed by atoms with Gasteiger partial charge >= 0.3 is 0 Å². The second kappa shape index (κ2) is 7.08.